The minimum Gasteiger partial charge on any atom is -0.366 e. The maximum absolute atomic E-state index is 13.2. The van der Waals surface area contributed by atoms with Crippen LogP contribution < -0.4 is 5.73 Å². The van der Waals surface area contributed by atoms with E-state index in [0.717, 1.165) is 29.5 Å². The van der Waals surface area contributed by atoms with Gasteiger partial charge in [-0.05, 0) is 59.9 Å². The highest BCUT2D eigenvalue weighted by atomic mass is 35.5. The van der Waals surface area contributed by atoms with E-state index in [2.05, 4.69) is 0 Å². The molecule has 1 fully saturated rings. The molecule has 1 saturated heterocycles. The lowest BCUT2D eigenvalue weighted by molar-refractivity contribution is 0.0735. The Morgan fingerprint density at radius 1 is 1.03 bits per heavy atom. The van der Waals surface area contributed by atoms with Crippen molar-refractivity contribution in [3.05, 3.63) is 94.0 Å². The molecule has 31 heavy (non-hydrogen) atoms. The summed E-state index contributed by atoms with van der Waals surface area (Å²) in [7, 11) is 0. The third-order valence-corrected chi connectivity index (χ3v) is 5.99. The normalized spacial score (nSPS) is 15.5. The van der Waals surface area contributed by atoms with Gasteiger partial charge in [0.15, 0.2) is 0 Å². The number of halogens is 1. The second kappa shape index (κ2) is 8.63. The van der Waals surface area contributed by atoms with Gasteiger partial charge in [-0.25, -0.2) is 0 Å². The van der Waals surface area contributed by atoms with Crippen molar-refractivity contribution < 1.29 is 9.59 Å². The number of likely N-dealkylation sites (tertiary alicyclic amines) is 1. The molecule has 1 heterocycles. The highest BCUT2D eigenvalue weighted by Gasteiger charge is 2.31. The summed E-state index contributed by atoms with van der Waals surface area (Å²) >= 11 is 6.37. The van der Waals surface area contributed by atoms with Crippen LogP contribution in [0.4, 0.5) is 0 Å². The fourth-order valence-electron chi connectivity index (χ4n) is 4.07. The van der Waals surface area contributed by atoms with Crippen LogP contribution in [0.25, 0.3) is 11.1 Å². The van der Waals surface area contributed by atoms with Gasteiger partial charge in [-0.1, -0.05) is 48.0 Å². The van der Waals surface area contributed by atoms with Crippen LogP contribution in [-0.4, -0.2) is 23.3 Å². The zero-order chi connectivity index (χ0) is 22.0. The Morgan fingerprint density at radius 3 is 2.42 bits per heavy atom. The van der Waals surface area contributed by atoms with E-state index in [1.54, 1.807) is 30.3 Å². The van der Waals surface area contributed by atoms with E-state index in [4.69, 9.17) is 22.6 Å². The number of primary amides is 1. The SMILES string of the molecule is N#Cc1ccc(-c2ccc(C(=O)N3CCC[C@@H]3c3ccccc3Cl)cc2)cc1C(N)=O. The lowest BCUT2D eigenvalue weighted by atomic mass is 9.98. The van der Waals surface area contributed by atoms with Crippen molar-refractivity contribution in [2.75, 3.05) is 6.54 Å². The molecule has 2 N–H and O–H groups in total. The van der Waals surface area contributed by atoms with Crippen LogP contribution >= 0.6 is 11.6 Å². The lowest BCUT2D eigenvalue weighted by Gasteiger charge is -2.26. The number of carbonyl (C=O) groups is 2. The first kappa shape index (κ1) is 20.6. The molecule has 0 spiro atoms. The number of rotatable bonds is 4. The average molecular weight is 430 g/mol. The summed E-state index contributed by atoms with van der Waals surface area (Å²) in [5.74, 6) is -0.684. The standard InChI is InChI=1S/C25H20ClN3O2/c26-22-5-2-1-4-20(22)23-6-3-13-29(23)25(31)17-9-7-16(8-10-17)18-11-12-19(15-27)21(14-18)24(28)30/h1-2,4-5,7-12,14,23H,3,6,13H2,(H2,28,30)/t23-/m1/s1. The van der Waals surface area contributed by atoms with Gasteiger partial charge >= 0.3 is 0 Å². The fraction of sp³-hybridized carbons (Fsp3) is 0.160. The quantitative estimate of drug-likeness (QED) is 0.636. The summed E-state index contributed by atoms with van der Waals surface area (Å²) in [6.07, 6.45) is 1.82. The Kier molecular flexibility index (Phi) is 5.75. The van der Waals surface area contributed by atoms with Crippen molar-refractivity contribution in [3.8, 4) is 17.2 Å². The maximum Gasteiger partial charge on any atom is 0.254 e. The molecule has 1 atom stereocenters. The van der Waals surface area contributed by atoms with Gasteiger partial charge in [0.05, 0.1) is 23.2 Å². The third-order valence-electron chi connectivity index (χ3n) is 5.65. The van der Waals surface area contributed by atoms with Gasteiger partial charge < -0.3 is 10.6 Å². The van der Waals surface area contributed by atoms with Crippen molar-refractivity contribution in [2.45, 2.75) is 18.9 Å². The van der Waals surface area contributed by atoms with Crippen LogP contribution in [0.5, 0.6) is 0 Å². The molecule has 0 aliphatic carbocycles. The van der Waals surface area contributed by atoms with Gasteiger partial charge in [0, 0.05) is 17.1 Å². The van der Waals surface area contributed by atoms with Gasteiger partial charge in [0.1, 0.15) is 0 Å². The molecule has 6 heteroatoms. The molecular formula is C25H20ClN3O2. The molecule has 1 aliphatic rings. The number of nitrogens with two attached hydrogens (primary N) is 1. The number of nitrogens with zero attached hydrogens (tertiary/aromatic N) is 2. The predicted octanol–water partition coefficient (Wildman–Crippen LogP) is 4.95. The average Bonchev–Trinajstić information content (AvgIpc) is 3.28. The molecule has 154 valence electrons. The first-order chi connectivity index (χ1) is 15.0. The van der Waals surface area contributed by atoms with Crippen LogP contribution in [0.1, 0.15) is 50.7 Å². The monoisotopic (exact) mass is 429 g/mol. The molecule has 0 unspecified atom stereocenters. The van der Waals surface area contributed by atoms with Crippen molar-refractivity contribution in [3.63, 3.8) is 0 Å². The Hall–Kier alpha value is -3.62. The third kappa shape index (κ3) is 4.03. The first-order valence-electron chi connectivity index (χ1n) is 9.99. The molecular weight excluding hydrogens is 410 g/mol. The van der Waals surface area contributed by atoms with Crippen molar-refractivity contribution in [1.82, 2.24) is 4.90 Å². The van der Waals surface area contributed by atoms with Crippen molar-refractivity contribution in [2.24, 2.45) is 5.73 Å². The van der Waals surface area contributed by atoms with Gasteiger partial charge in [-0.3, -0.25) is 9.59 Å². The van der Waals surface area contributed by atoms with E-state index in [9.17, 15) is 9.59 Å². The molecule has 3 aromatic carbocycles. The van der Waals surface area contributed by atoms with Crippen LogP contribution in [-0.2, 0) is 0 Å². The molecule has 0 saturated carbocycles. The summed E-state index contributed by atoms with van der Waals surface area (Å²) < 4.78 is 0. The molecule has 0 radical (unpaired) electrons. The van der Waals surface area contributed by atoms with Gasteiger partial charge in [0.2, 0.25) is 5.91 Å². The summed E-state index contributed by atoms with van der Waals surface area (Å²) in [5.41, 5.74) is 8.95. The molecule has 2 amide bonds. The van der Waals surface area contributed by atoms with E-state index in [1.807, 2.05) is 47.4 Å². The highest BCUT2D eigenvalue weighted by Crippen LogP contribution is 2.36. The molecule has 4 rings (SSSR count). The van der Waals surface area contributed by atoms with Crippen LogP contribution in [0.3, 0.4) is 0 Å². The minimum absolute atomic E-state index is 0.0301. The van der Waals surface area contributed by atoms with E-state index >= 15 is 0 Å². The number of hydrogen-bond acceptors (Lipinski definition) is 3. The minimum atomic E-state index is -0.648. The van der Waals surface area contributed by atoms with E-state index in [-0.39, 0.29) is 23.1 Å². The molecule has 0 bridgehead atoms. The maximum atomic E-state index is 13.2. The number of hydrogen-bond donors (Lipinski definition) is 1. The summed E-state index contributed by atoms with van der Waals surface area (Å²) in [6.45, 7) is 0.689. The molecule has 3 aromatic rings. The lowest BCUT2D eigenvalue weighted by Crippen LogP contribution is -2.30. The number of carbonyl (C=O) groups excluding carboxylic acids is 2. The van der Waals surface area contributed by atoms with Gasteiger partial charge in [-0.15, -0.1) is 0 Å². The Bertz CT molecular complexity index is 1200. The summed E-state index contributed by atoms with van der Waals surface area (Å²) in [5, 5.41) is 9.82. The first-order valence-corrected chi connectivity index (χ1v) is 10.4. The number of benzene rings is 3. The van der Waals surface area contributed by atoms with Crippen molar-refractivity contribution in [1.29, 1.82) is 5.26 Å². The van der Waals surface area contributed by atoms with Crippen LogP contribution in [0, 0.1) is 11.3 Å². The van der Waals surface area contributed by atoms with Crippen LogP contribution in [0.2, 0.25) is 5.02 Å². The predicted molar refractivity (Wildman–Crippen MR) is 120 cm³/mol. The van der Waals surface area contributed by atoms with Crippen molar-refractivity contribution >= 4 is 23.4 Å². The molecule has 5 nitrogen and oxygen atoms in total. The fourth-order valence-corrected chi connectivity index (χ4v) is 4.34. The Morgan fingerprint density at radius 2 is 1.74 bits per heavy atom. The molecule has 1 aliphatic heterocycles. The Balaban J connectivity index is 1.59. The largest absolute Gasteiger partial charge is 0.366 e. The summed E-state index contributed by atoms with van der Waals surface area (Å²) in [6, 6.07) is 21.8. The molecule has 0 aromatic heterocycles. The van der Waals surface area contributed by atoms with E-state index in [0.29, 0.717) is 17.1 Å². The zero-order valence-corrected chi connectivity index (χ0v) is 17.5. The van der Waals surface area contributed by atoms with E-state index in [1.165, 1.54) is 0 Å². The Labute approximate surface area is 185 Å². The zero-order valence-electron chi connectivity index (χ0n) is 16.7. The number of nitriles is 1. The number of amides is 2. The van der Waals surface area contributed by atoms with Gasteiger partial charge in [-0.2, -0.15) is 5.26 Å². The second-order valence-electron chi connectivity index (χ2n) is 7.49. The second-order valence-corrected chi connectivity index (χ2v) is 7.90. The van der Waals surface area contributed by atoms with Gasteiger partial charge in [0.25, 0.3) is 5.91 Å². The topological polar surface area (TPSA) is 87.2 Å². The van der Waals surface area contributed by atoms with E-state index < -0.39 is 5.91 Å². The highest BCUT2D eigenvalue weighted by molar-refractivity contribution is 6.31. The smallest absolute Gasteiger partial charge is 0.254 e. The van der Waals surface area contributed by atoms with Crippen LogP contribution in [0.15, 0.2) is 66.7 Å². The summed E-state index contributed by atoms with van der Waals surface area (Å²) in [4.78, 5) is 26.7.